The number of hydrogen-bond donors (Lipinski definition) is 0. The second kappa shape index (κ2) is 17.1. The monoisotopic (exact) mass is 931 g/mol. The standard InChI is InChI=1S/C63H45N5Si2/c1-6-26-47(27-7-1)69(48-28-8-2-9-29-48,49-30-10-3-11-31-49)52-36-24-25-46(45-52)61-64-62(67-55-39-18-16-37-53(55)54-38-17-19-40-56(54)67)66-63(65-61)68-57-41-20-22-43-59(57)70(50-32-12-4-13-33-50,51-34-14-5-15-35-51)60-44-23-21-42-58(60)68/h1-45H/i24D,25D,36D,45D. The molecular formula is C63H45N5Si2. The van der Waals surface area contributed by atoms with Gasteiger partial charge in [0.15, 0.2) is 22.0 Å². The van der Waals surface area contributed by atoms with E-state index in [1.54, 1.807) is 0 Å². The van der Waals surface area contributed by atoms with Gasteiger partial charge in [0, 0.05) is 27.7 Å². The Balaban J connectivity index is 1.16. The summed E-state index contributed by atoms with van der Waals surface area (Å²) in [5, 5.41) is 10.0. The van der Waals surface area contributed by atoms with E-state index in [-0.39, 0.29) is 47.5 Å². The van der Waals surface area contributed by atoms with E-state index in [2.05, 4.69) is 175 Å². The van der Waals surface area contributed by atoms with Gasteiger partial charge >= 0.3 is 0 Å². The summed E-state index contributed by atoms with van der Waals surface area (Å²) < 4.78 is 42.3. The highest BCUT2D eigenvalue weighted by atomic mass is 28.3. The summed E-state index contributed by atoms with van der Waals surface area (Å²) in [5.74, 6) is 0.635. The molecule has 2 aromatic heterocycles. The highest BCUT2D eigenvalue weighted by Crippen LogP contribution is 2.39. The summed E-state index contributed by atoms with van der Waals surface area (Å²) in [7, 11) is -6.67. The number of anilines is 3. The minimum atomic E-state index is -3.63. The van der Waals surface area contributed by atoms with Gasteiger partial charge in [-0.1, -0.05) is 249 Å². The summed E-state index contributed by atoms with van der Waals surface area (Å²) in [6, 6.07) is 84.7. The number of rotatable bonds is 9. The average Bonchev–Trinajstić information content (AvgIpc) is 3.82. The van der Waals surface area contributed by atoms with E-state index >= 15 is 0 Å². The van der Waals surface area contributed by atoms with Crippen molar-refractivity contribution in [3.63, 3.8) is 0 Å². The molecular weight excluding hydrogens is 883 g/mol. The Bertz CT molecular complexity index is 3850. The van der Waals surface area contributed by atoms with Gasteiger partial charge in [0.2, 0.25) is 11.9 Å². The van der Waals surface area contributed by atoms with E-state index in [1.807, 2.05) is 83.4 Å². The van der Waals surface area contributed by atoms with Crippen LogP contribution in [0.2, 0.25) is 0 Å². The molecule has 0 saturated carbocycles. The molecule has 1 aliphatic heterocycles. The predicted octanol–water partition coefficient (Wildman–Crippen LogP) is 9.17. The van der Waals surface area contributed by atoms with Crippen molar-refractivity contribution in [2.45, 2.75) is 0 Å². The fourth-order valence-electron chi connectivity index (χ4n) is 11.1. The molecule has 12 aromatic rings. The maximum atomic E-state index is 10.7. The van der Waals surface area contributed by atoms with Crippen LogP contribution in [0.3, 0.4) is 0 Å². The second-order valence-corrected chi connectivity index (χ2v) is 25.0. The summed E-state index contributed by atoms with van der Waals surface area (Å²) in [4.78, 5) is 18.5. The van der Waals surface area contributed by atoms with Gasteiger partial charge in [-0.2, -0.15) is 15.0 Å². The lowest BCUT2D eigenvalue weighted by Gasteiger charge is -2.44. The summed E-state index contributed by atoms with van der Waals surface area (Å²) in [6.45, 7) is 0. The number of nitrogens with zero attached hydrogens (tertiary/aromatic N) is 5. The van der Waals surface area contributed by atoms with Gasteiger partial charge in [-0.05, 0) is 65.8 Å². The summed E-state index contributed by atoms with van der Waals surface area (Å²) in [5.41, 5.74) is 3.61. The van der Waals surface area contributed by atoms with E-state index in [1.165, 1.54) is 10.4 Å². The van der Waals surface area contributed by atoms with Crippen molar-refractivity contribution in [3.8, 4) is 17.3 Å². The van der Waals surface area contributed by atoms with Crippen molar-refractivity contribution in [2.24, 2.45) is 0 Å². The minimum Gasteiger partial charge on any atom is -0.279 e. The highest BCUT2D eigenvalue weighted by Gasteiger charge is 2.49. The normalized spacial score (nSPS) is 13.7. The van der Waals surface area contributed by atoms with E-state index in [4.69, 9.17) is 15.0 Å². The Morgan fingerprint density at radius 3 is 1.30 bits per heavy atom. The van der Waals surface area contributed by atoms with Crippen LogP contribution in [0, 0.1) is 0 Å². The quantitative estimate of drug-likeness (QED) is 0.107. The Hall–Kier alpha value is -8.76. The Labute approximate surface area is 415 Å². The number of fused-ring (bicyclic) bond motifs is 5. The van der Waals surface area contributed by atoms with Gasteiger partial charge in [0.25, 0.3) is 0 Å². The van der Waals surface area contributed by atoms with Crippen LogP contribution in [0.5, 0.6) is 0 Å². The van der Waals surface area contributed by atoms with Crippen LogP contribution in [0.25, 0.3) is 39.1 Å². The van der Waals surface area contributed by atoms with E-state index in [0.717, 1.165) is 59.1 Å². The number of benzene rings is 10. The third-order valence-electron chi connectivity index (χ3n) is 13.9. The van der Waals surface area contributed by atoms with Gasteiger partial charge < -0.3 is 0 Å². The van der Waals surface area contributed by atoms with Gasteiger partial charge in [-0.15, -0.1) is 0 Å². The maximum Gasteiger partial charge on any atom is 0.240 e. The largest absolute Gasteiger partial charge is 0.279 e. The molecule has 0 saturated heterocycles. The zero-order chi connectivity index (χ0) is 50.0. The molecule has 0 fully saturated rings. The third kappa shape index (κ3) is 6.40. The van der Waals surface area contributed by atoms with Crippen molar-refractivity contribution >= 4 is 96.8 Å². The number of hydrogen-bond acceptors (Lipinski definition) is 4. The molecule has 0 atom stereocenters. The smallest absolute Gasteiger partial charge is 0.240 e. The Morgan fingerprint density at radius 2 is 0.800 bits per heavy atom. The SMILES string of the molecule is [2H]c1c([2H])c(-c2nc(N3c4ccccc4[Si](c4ccccc4)(c4ccccc4)c4ccccc43)nc(-n3c4ccccc4c4ccccc43)n2)c([2H])c([Si](c2ccccc2)(c2ccccc2)c2ccccc2)c1[2H]. The molecule has 10 aromatic carbocycles. The van der Waals surface area contributed by atoms with Crippen molar-refractivity contribution in [1.29, 1.82) is 0 Å². The maximum absolute atomic E-state index is 10.7. The average molecular weight is 932 g/mol. The molecule has 1 aliphatic rings. The molecule has 0 unspecified atom stereocenters. The molecule has 7 heteroatoms. The van der Waals surface area contributed by atoms with Crippen LogP contribution < -0.4 is 46.4 Å². The van der Waals surface area contributed by atoms with Crippen molar-refractivity contribution in [2.75, 3.05) is 4.90 Å². The van der Waals surface area contributed by atoms with E-state index in [0.29, 0.717) is 5.19 Å². The first-order valence-electron chi connectivity index (χ1n) is 25.5. The molecule has 0 amide bonds. The molecule has 3 heterocycles. The molecule has 0 radical (unpaired) electrons. The first-order valence-corrected chi connectivity index (χ1v) is 27.5. The van der Waals surface area contributed by atoms with Crippen molar-refractivity contribution in [3.05, 3.63) is 273 Å². The fourth-order valence-corrected chi connectivity index (χ4v) is 20.7. The van der Waals surface area contributed by atoms with Crippen LogP contribution in [0.15, 0.2) is 273 Å². The van der Waals surface area contributed by atoms with E-state index in [9.17, 15) is 5.48 Å². The lowest BCUT2D eigenvalue weighted by atomic mass is 10.2. The second-order valence-electron chi connectivity index (χ2n) is 17.6. The molecule has 0 aliphatic carbocycles. The Kier molecular flexibility index (Phi) is 9.09. The minimum absolute atomic E-state index is 0.0576. The molecule has 70 heavy (non-hydrogen) atoms. The molecule has 330 valence electrons. The van der Waals surface area contributed by atoms with Gasteiger partial charge in [0.1, 0.15) is 0 Å². The number of para-hydroxylation sites is 4. The zero-order valence-corrected chi connectivity index (χ0v) is 39.9. The van der Waals surface area contributed by atoms with Crippen molar-refractivity contribution < 1.29 is 5.48 Å². The summed E-state index contributed by atoms with van der Waals surface area (Å²) >= 11 is 0. The van der Waals surface area contributed by atoms with Crippen LogP contribution in [0.1, 0.15) is 5.48 Å². The molecule has 13 rings (SSSR count). The van der Waals surface area contributed by atoms with Crippen LogP contribution in [-0.4, -0.2) is 35.7 Å². The fraction of sp³-hybridized carbons (Fsp3) is 0. The number of aromatic nitrogens is 4. The highest BCUT2D eigenvalue weighted by molar-refractivity contribution is 7.21. The van der Waals surface area contributed by atoms with Crippen LogP contribution >= 0.6 is 0 Å². The van der Waals surface area contributed by atoms with E-state index < -0.39 is 16.1 Å². The van der Waals surface area contributed by atoms with Gasteiger partial charge in [-0.25, -0.2) is 0 Å². The lowest BCUT2D eigenvalue weighted by Crippen LogP contribution is -2.77. The Morgan fingerprint density at radius 1 is 0.386 bits per heavy atom. The zero-order valence-electron chi connectivity index (χ0n) is 41.9. The topological polar surface area (TPSA) is 46.8 Å². The van der Waals surface area contributed by atoms with Crippen molar-refractivity contribution in [1.82, 2.24) is 19.5 Å². The first-order chi connectivity index (χ1) is 36.4. The lowest BCUT2D eigenvalue weighted by molar-refractivity contribution is 0.933. The van der Waals surface area contributed by atoms with Gasteiger partial charge in [-0.3, -0.25) is 9.47 Å². The molecule has 5 nitrogen and oxygen atoms in total. The molecule has 0 bridgehead atoms. The molecule has 0 N–H and O–H groups in total. The third-order valence-corrected chi connectivity index (χ3v) is 23.4. The first kappa shape index (κ1) is 37.3. The molecule has 0 spiro atoms. The predicted molar refractivity (Wildman–Crippen MR) is 295 cm³/mol. The van der Waals surface area contributed by atoms with Gasteiger partial charge in [0.05, 0.1) is 16.5 Å². The summed E-state index contributed by atoms with van der Waals surface area (Å²) in [6.07, 6.45) is 0. The van der Waals surface area contributed by atoms with Crippen LogP contribution in [-0.2, 0) is 0 Å². The van der Waals surface area contributed by atoms with Crippen LogP contribution in [0.4, 0.5) is 17.3 Å².